The third-order valence-corrected chi connectivity index (χ3v) is 4.15. The van der Waals surface area contributed by atoms with E-state index in [1.807, 2.05) is 12.1 Å². The van der Waals surface area contributed by atoms with Crippen molar-refractivity contribution >= 4 is 0 Å². The van der Waals surface area contributed by atoms with E-state index < -0.39 is 0 Å². The van der Waals surface area contributed by atoms with Gasteiger partial charge in [-0.15, -0.1) is 0 Å². The van der Waals surface area contributed by atoms with Gasteiger partial charge in [-0.25, -0.2) is 4.39 Å². The van der Waals surface area contributed by atoms with Gasteiger partial charge in [-0.1, -0.05) is 32.0 Å². The fourth-order valence-corrected chi connectivity index (χ4v) is 2.71. The number of nitrogens with zero attached hydrogens (tertiary/aromatic N) is 1. The Hall–Kier alpha value is -0.970. The van der Waals surface area contributed by atoms with Crippen LogP contribution in [0, 0.1) is 11.2 Å². The molecule has 1 aliphatic heterocycles. The molecule has 1 atom stereocenters. The van der Waals surface area contributed by atoms with E-state index >= 15 is 0 Å². The molecule has 21 heavy (non-hydrogen) atoms. The molecule has 2 rings (SSSR count). The van der Waals surface area contributed by atoms with Crippen molar-refractivity contribution in [2.75, 3.05) is 26.2 Å². The van der Waals surface area contributed by atoms with Gasteiger partial charge in [0.2, 0.25) is 0 Å². The highest BCUT2D eigenvalue weighted by molar-refractivity contribution is 5.17. The van der Waals surface area contributed by atoms with Crippen molar-refractivity contribution in [1.29, 1.82) is 0 Å². The summed E-state index contributed by atoms with van der Waals surface area (Å²) < 4.78 is 13.7. The van der Waals surface area contributed by atoms with Crippen LogP contribution >= 0.6 is 0 Å². The number of likely N-dealkylation sites (tertiary alicyclic amines) is 1. The van der Waals surface area contributed by atoms with E-state index in [1.165, 1.54) is 6.07 Å². The molecule has 0 spiro atoms. The number of hydrogen-bond donors (Lipinski definition) is 2. The minimum absolute atomic E-state index is 0.0895. The lowest BCUT2D eigenvalue weighted by Gasteiger charge is -2.35. The van der Waals surface area contributed by atoms with E-state index in [0.29, 0.717) is 12.6 Å². The van der Waals surface area contributed by atoms with Crippen LogP contribution in [0.25, 0.3) is 0 Å². The summed E-state index contributed by atoms with van der Waals surface area (Å²) in [6.45, 7) is 7.74. The summed E-state index contributed by atoms with van der Waals surface area (Å²) in [5, 5.41) is 12.9. The van der Waals surface area contributed by atoms with Crippen molar-refractivity contribution in [3.05, 3.63) is 35.6 Å². The first-order valence-corrected chi connectivity index (χ1v) is 7.80. The molecule has 1 saturated heterocycles. The van der Waals surface area contributed by atoms with Crippen molar-refractivity contribution in [2.45, 2.75) is 39.3 Å². The molecule has 0 saturated carbocycles. The Labute approximate surface area is 127 Å². The topological polar surface area (TPSA) is 35.5 Å². The van der Waals surface area contributed by atoms with Crippen LogP contribution in [0.4, 0.5) is 4.39 Å². The number of rotatable bonds is 6. The second-order valence-corrected chi connectivity index (χ2v) is 6.87. The molecule has 1 aromatic carbocycles. The van der Waals surface area contributed by atoms with Crippen LogP contribution < -0.4 is 5.32 Å². The normalized spacial score (nSPS) is 20.7. The van der Waals surface area contributed by atoms with Crippen molar-refractivity contribution in [3.8, 4) is 0 Å². The molecule has 2 N–H and O–H groups in total. The molecular formula is C17H27FN2O. The van der Waals surface area contributed by atoms with Gasteiger partial charge in [0, 0.05) is 43.3 Å². The maximum absolute atomic E-state index is 13.7. The molecule has 1 unspecified atom stereocenters. The zero-order chi connectivity index (χ0) is 15.3. The summed E-state index contributed by atoms with van der Waals surface area (Å²) in [5.74, 6) is -0.117. The van der Waals surface area contributed by atoms with Crippen molar-refractivity contribution in [3.63, 3.8) is 0 Å². The number of nitrogens with one attached hydrogen (secondary N) is 1. The molecule has 0 bridgehead atoms. The molecule has 0 radical (unpaired) electrons. The summed E-state index contributed by atoms with van der Waals surface area (Å²) in [7, 11) is 0. The lowest BCUT2D eigenvalue weighted by atomic mass is 9.94. The molecule has 0 aromatic heterocycles. The highest BCUT2D eigenvalue weighted by Gasteiger charge is 2.23. The Morgan fingerprint density at radius 1 is 1.38 bits per heavy atom. The lowest BCUT2D eigenvalue weighted by molar-refractivity contribution is 0.134. The first kappa shape index (κ1) is 16.4. The Morgan fingerprint density at radius 3 is 2.86 bits per heavy atom. The molecular weight excluding hydrogens is 267 g/mol. The standard InChI is InChI=1S/C17H27FN2O/c1-17(2,13-21)12-19-15-7-5-9-20(11-15)10-14-6-3-4-8-16(14)18/h3-4,6,8,15,19,21H,5,7,9-13H2,1-2H3. The largest absolute Gasteiger partial charge is 0.396 e. The number of halogens is 1. The van der Waals surface area contributed by atoms with E-state index in [2.05, 4.69) is 24.1 Å². The van der Waals surface area contributed by atoms with Crippen LogP contribution in [-0.2, 0) is 6.54 Å². The van der Waals surface area contributed by atoms with E-state index in [4.69, 9.17) is 0 Å². The van der Waals surface area contributed by atoms with Crippen LogP contribution in [0.15, 0.2) is 24.3 Å². The Balaban J connectivity index is 1.85. The summed E-state index contributed by atoms with van der Waals surface area (Å²) in [4.78, 5) is 2.31. The molecule has 1 heterocycles. The molecule has 1 aromatic rings. The number of aliphatic hydroxyl groups excluding tert-OH is 1. The smallest absolute Gasteiger partial charge is 0.127 e. The van der Waals surface area contributed by atoms with Crippen LogP contribution in [0.1, 0.15) is 32.3 Å². The second kappa shape index (κ2) is 7.34. The van der Waals surface area contributed by atoms with Crippen molar-refractivity contribution in [2.24, 2.45) is 5.41 Å². The molecule has 1 aliphatic rings. The minimum Gasteiger partial charge on any atom is -0.396 e. The summed E-state index contributed by atoms with van der Waals surface area (Å²) in [5.41, 5.74) is 0.683. The van der Waals surface area contributed by atoms with Gasteiger partial charge in [-0.05, 0) is 25.5 Å². The summed E-state index contributed by atoms with van der Waals surface area (Å²) >= 11 is 0. The predicted molar refractivity (Wildman–Crippen MR) is 83.6 cm³/mol. The minimum atomic E-state index is -0.117. The van der Waals surface area contributed by atoms with E-state index in [0.717, 1.165) is 38.0 Å². The zero-order valence-corrected chi connectivity index (χ0v) is 13.1. The second-order valence-electron chi connectivity index (χ2n) is 6.87. The first-order valence-electron chi connectivity index (χ1n) is 7.80. The molecule has 4 heteroatoms. The van der Waals surface area contributed by atoms with E-state index in [9.17, 15) is 9.50 Å². The van der Waals surface area contributed by atoms with Gasteiger partial charge in [0.1, 0.15) is 5.82 Å². The number of hydrogen-bond acceptors (Lipinski definition) is 3. The average Bonchev–Trinajstić information content (AvgIpc) is 2.48. The summed E-state index contributed by atoms with van der Waals surface area (Å²) in [6, 6.07) is 7.44. The van der Waals surface area contributed by atoms with Gasteiger partial charge < -0.3 is 10.4 Å². The number of aliphatic hydroxyl groups is 1. The van der Waals surface area contributed by atoms with Gasteiger partial charge in [0.05, 0.1) is 0 Å². The summed E-state index contributed by atoms with van der Waals surface area (Å²) in [6.07, 6.45) is 2.28. The average molecular weight is 294 g/mol. The van der Waals surface area contributed by atoms with Crippen LogP contribution in [0.3, 0.4) is 0 Å². The van der Waals surface area contributed by atoms with Crippen LogP contribution in [-0.4, -0.2) is 42.3 Å². The van der Waals surface area contributed by atoms with E-state index in [-0.39, 0.29) is 17.8 Å². The fraction of sp³-hybridized carbons (Fsp3) is 0.647. The fourth-order valence-electron chi connectivity index (χ4n) is 2.71. The Morgan fingerprint density at radius 2 is 2.14 bits per heavy atom. The van der Waals surface area contributed by atoms with Gasteiger partial charge in [-0.3, -0.25) is 4.90 Å². The molecule has 0 amide bonds. The maximum Gasteiger partial charge on any atom is 0.127 e. The van der Waals surface area contributed by atoms with Crippen LogP contribution in [0.2, 0.25) is 0 Å². The molecule has 118 valence electrons. The quantitative estimate of drug-likeness (QED) is 0.846. The van der Waals surface area contributed by atoms with Crippen molar-refractivity contribution < 1.29 is 9.50 Å². The Kier molecular flexibility index (Phi) is 5.73. The van der Waals surface area contributed by atoms with Gasteiger partial charge in [0.15, 0.2) is 0 Å². The third kappa shape index (κ3) is 5.06. The van der Waals surface area contributed by atoms with E-state index in [1.54, 1.807) is 6.07 Å². The Bertz CT molecular complexity index is 450. The first-order chi connectivity index (χ1) is 10.00. The van der Waals surface area contributed by atoms with Crippen molar-refractivity contribution in [1.82, 2.24) is 10.2 Å². The zero-order valence-electron chi connectivity index (χ0n) is 13.1. The third-order valence-electron chi connectivity index (χ3n) is 4.15. The van der Waals surface area contributed by atoms with Gasteiger partial charge in [-0.2, -0.15) is 0 Å². The highest BCUT2D eigenvalue weighted by Crippen LogP contribution is 2.17. The molecule has 0 aliphatic carbocycles. The maximum atomic E-state index is 13.7. The monoisotopic (exact) mass is 294 g/mol. The molecule has 1 fully saturated rings. The SMILES string of the molecule is CC(C)(CO)CNC1CCCN(Cc2ccccc2F)C1. The highest BCUT2D eigenvalue weighted by atomic mass is 19.1. The number of benzene rings is 1. The van der Waals surface area contributed by atoms with Crippen LogP contribution in [0.5, 0.6) is 0 Å². The number of piperidine rings is 1. The molecule has 3 nitrogen and oxygen atoms in total. The van der Waals surface area contributed by atoms with Gasteiger partial charge >= 0.3 is 0 Å². The van der Waals surface area contributed by atoms with Gasteiger partial charge in [0.25, 0.3) is 0 Å². The predicted octanol–water partition coefficient (Wildman–Crippen LogP) is 2.40. The lowest BCUT2D eigenvalue weighted by Crippen LogP contribution is -2.48.